The number of hydrogen-bond donors (Lipinski definition) is 0. The summed E-state index contributed by atoms with van der Waals surface area (Å²) in [6.45, 7) is 2.50. The smallest absolute Gasteiger partial charge is 0.333 e. The molecule has 1 aromatic carbocycles. The SMILES string of the molecule is CC/C(=C/Cn1ccc2ccc(C#N)cc21)C(=O)OC. The minimum absolute atomic E-state index is 0.290. The first kappa shape index (κ1) is 13.9. The molecule has 102 valence electrons. The normalized spacial score (nSPS) is 11.3. The summed E-state index contributed by atoms with van der Waals surface area (Å²) >= 11 is 0. The summed E-state index contributed by atoms with van der Waals surface area (Å²) in [5.41, 5.74) is 2.27. The van der Waals surface area contributed by atoms with Gasteiger partial charge in [0, 0.05) is 23.8 Å². The second-order valence-electron chi connectivity index (χ2n) is 4.43. The Kier molecular flexibility index (Phi) is 4.21. The average molecular weight is 268 g/mol. The Morgan fingerprint density at radius 1 is 1.45 bits per heavy atom. The van der Waals surface area contributed by atoms with Crippen LogP contribution in [-0.2, 0) is 16.1 Å². The lowest BCUT2D eigenvalue weighted by atomic mass is 10.2. The molecule has 20 heavy (non-hydrogen) atoms. The highest BCUT2D eigenvalue weighted by atomic mass is 16.5. The molecule has 0 aliphatic carbocycles. The predicted molar refractivity (Wildman–Crippen MR) is 77.0 cm³/mol. The van der Waals surface area contributed by atoms with Gasteiger partial charge in [0.15, 0.2) is 0 Å². The van der Waals surface area contributed by atoms with Crippen LogP contribution in [0.15, 0.2) is 42.1 Å². The van der Waals surface area contributed by atoms with Gasteiger partial charge >= 0.3 is 5.97 Å². The van der Waals surface area contributed by atoms with Gasteiger partial charge in [-0.2, -0.15) is 5.26 Å². The highest BCUT2D eigenvalue weighted by molar-refractivity contribution is 5.88. The van der Waals surface area contributed by atoms with Gasteiger partial charge in [0.2, 0.25) is 0 Å². The number of esters is 1. The lowest BCUT2D eigenvalue weighted by Crippen LogP contribution is -2.05. The first-order valence-electron chi connectivity index (χ1n) is 6.46. The fourth-order valence-corrected chi connectivity index (χ4v) is 2.12. The van der Waals surface area contributed by atoms with E-state index >= 15 is 0 Å². The summed E-state index contributed by atoms with van der Waals surface area (Å²) in [6, 6.07) is 9.71. The number of carbonyl (C=O) groups is 1. The number of carbonyl (C=O) groups excluding carboxylic acids is 1. The molecule has 0 bridgehead atoms. The molecular weight excluding hydrogens is 252 g/mol. The zero-order chi connectivity index (χ0) is 14.5. The second kappa shape index (κ2) is 6.07. The molecule has 0 atom stereocenters. The molecule has 0 aliphatic rings. The summed E-state index contributed by atoms with van der Waals surface area (Å²) < 4.78 is 6.75. The van der Waals surface area contributed by atoms with E-state index < -0.39 is 0 Å². The van der Waals surface area contributed by atoms with Crippen LogP contribution in [0.4, 0.5) is 0 Å². The first-order chi connectivity index (χ1) is 9.69. The van der Waals surface area contributed by atoms with Crippen LogP contribution >= 0.6 is 0 Å². The molecule has 1 heterocycles. The Bertz CT molecular complexity index is 705. The molecule has 4 nitrogen and oxygen atoms in total. The van der Waals surface area contributed by atoms with Crippen molar-refractivity contribution >= 4 is 16.9 Å². The van der Waals surface area contributed by atoms with Gasteiger partial charge in [-0.25, -0.2) is 4.79 Å². The zero-order valence-electron chi connectivity index (χ0n) is 11.6. The number of aromatic nitrogens is 1. The highest BCUT2D eigenvalue weighted by Crippen LogP contribution is 2.18. The van der Waals surface area contributed by atoms with Crippen LogP contribution in [0, 0.1) is 11.3 Å². The van der Waals surface area contributed by atoms with Gasteiger partial charge in [-0.1, -0.05) is 19.1 Å². The number of fused-ring (bicyclic) bond motifs is 1. The highest BCUT2D eigenvalue weighted by Gasteiger charge is 2.07. The summed E-state index contributed by atoms with van der Waals surface area (Å²) in [5, 5.41) is 10.0. The molecule has 0 radical (unpaired) electrons. The summed E-state index contributed by atoms with van der Waals surface area (Å²) in [4.78, 5) is 11.5. The van der Waals surface area contributed by atoms with Gasteiger partial charge in [-0.05, 0) is 30.0 Å². The number of ether oxygens (including phenoxy) is 1. The van der Waals surface area contributed by atoms with Crippen molar-refractivity contribution in [1.82, 2.24) is 4.57 Å². The number of nitrogens with zero attached hydrogens (tertiary/aromatic N) is 2. The van der Waals surface area contributed by atoms with Crippen molar-refractivity contribution in [1.29, 1.82) is 5.26 Å². The van der Waals surface area contributed by atoms with E-state index in [1.807, 2.05) is 42.0 Å². The standard InChI is InChI=1S/C16H16N2O2/c1-3-13(16(19)20-2)6-8-18-9-7-14-5-4-12(11-17)10-15(14)18/h4-7,9-10H,3,8H2,1-2H3/b13-6-. The van der Waals surface area contributed by atoms with Crippen LogP contribution in [0.1, 0.15) is 18.9 Å². The average Bonchev–Trinajstić information content (AvgIpc) is 2.89. The molecule has 4 heteroatoms. The number of rotatable bonds is 4. The quantitative estimate of drug-likeness (QED) is 0.632. The van der Waals surface area contributed by atoms with Crippen molar-refractivity contribution < 1.29 is 9.53 Å². The van der Waals surface area contributed by atoms with Crippen LogP contribution in [0.25, 0.3) is 10.9 Å². The Morgan fingerprint density at radius 2 is 2.25 bits per heavy atom. The third kappa shape index (κ3) is 2.72. The molecule has 0 unspecified atom stereocenters. The van der Waals surface area contributed by atoms with Crippen LogP contribution in [0.2, 0.25) is 0 Å². The Morgan fingerprint density at radius 3 is 2.90 bits per heavy atom. The maximum atomic E-state index is 11.5. The molecule has 0 saturated carbocycles. The topological polar surface area (TPSA) is 55.0 Å². The molecule has 0 spiro atoms. The van der Waals surface area contributed by atoms with Gasteiger partial charge in [-0.15, -0.1) is 0 Å². The molecule has 0 aliphatic heterocycles. The van der Waals surface area contributed by atoms with Crippen molar-refractivity contribution in [2.75, 3.05) is 7.11 Å². The van der Waals surface area contributed by atoms with E-state index in [1.165, 1.54) is 7.11 Å². The Balaban J connectivity index is 2.32. The van der Waals surface area contributed by atoms with E-state index in [-0.39, 0.29) is 5.97 Å². The largest absolute Gasteiger partial charge is 0.466 e. The van der Waals surface area contributed by atoms with Crippen LogP contribution in [0.5, 0.6) is 0 Å². The van der Waals surface area contributed by atoms with Crippen molar-refractivity contribution in [3.05, 3.63) is 47.7 Å². The molecule has 2 rings (SSSR count). The fourth-order valence-electron chi connectivity index (χ4n) is 2.12. The van der Waals surface area contributed by atoms with E-state index in [0.29, 0.717) is 24.1 Å². The zero-order valence-corrected chi connectivity index (χ0v) is 11.6. The molecule has 2 aromatic rings. The molecule has 0 N–H and O–H groups in total. The monoisotopic (exact) mass is 268 g/mol. The van der Waals surface area contributed by atoms with Gasteiger partial charge in [-0.3, -0.25) is 0 Å². The molecule has 0 fully saturated rings. The minimum Gasteiger partial charge on any atom is -0.466 e. The maximum Gasteiger partial charge on any atom is 0.333 e. The van der Waals surface area contributed by atoms with Gasteiger partial charge in [0.1, 0.15) is 0 Å². The van der Waals surface area contributed by atoms with Crippen molar-refractivity contribution in [2.24, 2.45) is 0 Å². The minimum atomic E-state index is -0.290. The molecular formula is C16H16N2O2. The Hall–Kier alpha value is -2.54. The number of nitriles is 1. The molecule has 0 amide bonds. The van der Waals surface area contributed by atoms with Crippen molar-refractivity contribution in [2.45, 2.75) is 19.9 Å². The van der Waals surface area contributed by atoms with E-state index in [0.717, 1.165) is 10.9 Å². The first-order valence-corrected chi connectivity index (χ1v) is 6.46. The number of benzene rings is 1. The van der Waals surface area contributed by atoms with E-state index in [9.17, 15) is 4.79 Å². The second-order valence-corrected chi connectivity index (χ2v) is 4.43. The number of methoxy groups -OCH3 is 1. The van der Waals surface area contributed by atoms with Crippen molar-refractivity contribution in [3.63, 3.8) is 0 Å². The Labute approximate surface area is 117 Å². The summed E-state index contributed by atoms with van der Waals surface area (Å²) in [5.74, 6) is -0.290. The molecule has 1 aromatic heterocycles. The lowest BCUT2D eigenvalue weighted by Gasteiger charge is -2.05. The summed E-state index contributed by atoms with van der Waals surface area (Å²) in [7, 11) is 1.39. The maximum absolute atomic E-state index is 11.5. The van der Waals surface area contributed by atoms with E-state index in [4.69, 9.17) is 10.00 Å². The lowest BCUT2D eigenvalue weighted by molar-refractivity contribution is -0.136. The van der Waals surface area contributed by atoms with Crippen molar-refractivity contribution in [3.8, 4) is 6.07 Å². The van der Waals surface area contributed by atoms with E-state index in [2.05, 4.69) is 6.07 Å². The number of allylic oxidation sites excluding steroid dienone is 1. The van der Waals surface area contributed by atoms with Crippen LogP contribution in [-0.4, -0.2) is 17.6 Å². The van der Waals surface area contributed by atoms with Crippen LogP contribution in [0.3, 0.4) is 0 Å². The van der Waals surface area contributed by atoms with E-state index in [1.54, 1.807) is 6.07 Å². The van der Waals surface area contributed by atoms with Gasteiger partial charge in [0.25, 0.3) is 0 Å². The molecule has 0 saturated heterocycles. The predicted octanol–water partition coefficient (Wildman–Crippen LogP) is 3.02. The number of hydrogen-bond acceptors (Lipinski definition) is 3. The van der Waals surface area contributed by atoms with Gasteiger partial charge in [0.05, 0.1) is 18.7 Å². The third-order valence-electron chi connectivity index (χ3n) is 3.27. The fraction of sp³-hybridized carbons (Fsp3) is 0.250. The van der Waals surface area contributed by atoms with Gasteiger partial charge < -0.3 is 9.30 Å². The van der Waals surface area contributed by atoms with Crippen LogP contribution < -0.4 is 0 Å². The summed E-state index contributed by atoms with van der Waals surface area (Å²) in [6.07, 6.45) is 4.45. The third-order valence-corrected chi connectivity index (χ3v) is 3.27.